The molecule has 0 bridgehead atoms. The average molecular weight is 269 g/mol. The molecule has 2 rings (SSSR count). The summed E-state index contributed by atoms with van der Waals surface area (Å²) in [6.07, 6.45) is 6.40. The maximum Gasteiger partial charge on any atom is 0.236 e. The lowest BCUT2D eigenvalue weighted by atomic mass is 9.66. The predicted octanol–water partition coefficient (Wildman–Crippen LogP) is 0.667. The Hall–Kier alpha value is -1.30. The van der Waals surface area contributed by atoms with Crippen molar-refractivity contribution in [3.8, 4) is 0 Å². The Kier molecular flexibility index (Phi) is 4.29. The first-order valence-electron chi connectivity index (χ1n) is 7.05. The standard InChI is InChI=1S/C13H23N3O3/c14-11(15-19)13(6-3-7-13)12(18)16(8-9-17)10-4-1-2-5-10/h10,17,19H,1-9H2,(H2,14,15). The molecule has 0 heterocycles. The van der Waals surface area contributed by atoms with Crippen molar-refractivity contribution in [2.45, 2.75) is 51.0 Å². The number of nitrogens with two attached hydrogens (primary N) is 1. The lowest BCUT2D eigenvalue weighted by molar-refractivity contribution is -0.145. The third-order valence-corrected chi connectivity index (χ3v) is 4.58. The number of carbonyl (C=O) groups excluding carboxylic acids is 1. The van der Waals surface area contributed by atoms with Crippen molar-refractivity contribution in [2.24, 2.45) is 16.3 Å². The number of rotatable bonds is 5. The Morgan fingerprint density at radius 3 is 2.37 bits per heavy atom. The van der Waals surface area contributed by atoms with E-state index in [1.165, 1.54) is 0 Å². The monoisotopic (exact) mass is 269 g/mol. The van der Waals surface area contributed by atoms with Crippen molar-refractivity contribution in [2.75, 3.05) is 13.2 Å². The second-order valence-electron chi connectivity index (χ2n) is 5.58. The highest BCUT2D eigenvalue weighted by Crippen LogP contribution is 2.43. The summed E-state index contributed by atoms with van der Waals surface area (Å²) < 4.78 is 0. The zero-order valence-corrected chi connectivity index (χ0v) is 11.2. The molecular formula is C13H23N3O3. The fourth-order valence-corrected chi connectivity index (χ4v) is 3.25. The van der Waals surface area contributed by atoms with Crippen LogP contribution in [0.5, 0.6) is 0 Å². The van der Waals surface area contributed by atoms with E-state index in [1.54, 1.807) is 4.90 Å². The van der Waals surface area contributed by atoms with Gasteiger partial charge in [-0.3, -0.25) is 4.79 Å². The van der Waals surface area contributed by atoms with E-state index >= 15 is 0 Å². The van der Waals surface area contributed by atoms with Crippen molar-refractivity contribution in [1.82, 2.24) is 4.90 Å². The maximum absolute atomic E-state index is 12.8. The minimum absolute atomic E-state index is 0.0182. The number of hydrogen-bond donors (Lipinski definition) is 3. The van der Waals surface area contributed by atoms with Gasteiger partial charge in [0.05, 0.1) is 6.61 Å². The van der Waals surface area contributed by atoms with Gasteiger partial charge in [-0.05, 0) is 25.7 Å². The van der Waals surface area contributed by atoms with Gasteiger partial charge in [-0.15, -0.1) is 0 Å². The predicted molar refractivity (Wildman–Crippen MR) is 70.7 cm³/mol. The van der Waals surface area contributed by atoms with E-state index < -0.39 is 5.41 Å². The lowest BCUT2D eigenvalue weighted by Gasteiger charge is -2.44. The van der Waals surface area contributed by atoms with Gasteiger partial charge in [-0.1, -0.05) is 24.4 Å². The minimum atomic E-state index is -0.827. The summed E-state index contributed by atoms with van der Waals surface area (Å²) in [5.41, 5.74) is 4.91. The molecule has 0 aliphatic heterocycles. The lowest BCUT2D eigenvalue weighted by Crippen LogP contribution is -2.57. The third kappa shape index (κ3) is 2.41. The number of carbonyl (C=O) groups is 1. The molecule has 0 unspecified atom stereocenters. The van der Waals surface area contributed by atoms with Crippen LogP contribution in [0.25, 0.3) is 0 Å². The summed E-state index contributed by atoms with van der Waals surface area (Å²) in [5, 5.41) is 21.2. The fourth-order valence-electron chi connectivity index (χ4n) is 3.25. The molecule has 1 amide bonds. The van der Waals surface area contributed by atoms with E-state index in [0.29, 0.717) is 19.4 Å². The molecule has 2 aliphatic carbocycles. The summed E-state index contributed by atoms with van der Waals surface area (Å²) in [6.45, 7) is 0.290. The molecule has 0 atom stereocenters. The van der Waals surface area contributed by atoms with E-state index in [1.807, 2.05) is 0 Å². The van der Waals surface area contributed by atoms with E-state index in [9.17, 15) is 9.90 Å². The smallest absolute Gasteiger partial charge is 0.236 e. The summed E-state index contributed by atoms with van der Waals surface area (Å²) in [5.74, 6) is -0.0558. The second-order valence-corrected chi connectivity index (χ2v) is 5.58. The number of hydrogen-bond acceptors (Lipinski definition) is 4. The van der Waals surface area contributed by atoms with Gasteiger partial charge in [0.25, 0.3) is 0 Å². The van der Waals surface area contributed by atoms with Crippen molar-refractivity contribution >= 4 is 11.7 Å². The van der Waals surface area contributed by atoms with Crippen LogP contribution in [0.4, 0.5) is 0 Å². The molecule has 0 radical (unpaired) electrons. The Balaban J connectivity index is 2.18. The number of nitrogens with zero attached hydrogens (tertiary/aromatic N) is 2. The third-order valence-electron chi connectivity index (χ3n) is 4.58. The Bertz CT molecular complexity index is 360. The van der Waals surface area contributed by atoms with Gasteiger partial charge in [0.1, 0.15) is 5.41 Å². The quantitative estimate of drug-likeness (QED) is 0.295. The van der Waals surface area contributed by atoms with Gasteiger partial charge in [-0.2, -0.15) is 0 Å². The number of amides is 1. The Morgan fingerprint density at radius 1 is 1.32 bits per heavy atom. The van der Waals surface area contributed by atoms with Crippen LogP contribution in [-0.2, 0) is 4.79 Å². The van der Waals surface area contributed by atoms with Gasteiger partial charge in [0, 0.05) is 12.6 Å². The normalized spacial score (nSPS) is 23.1. The van der Waals surface area contributed by atoms with Crippen LogP contribution in [0.3, 0.4) is 0 Å². The van der Waals surface area contributed by atoms with Gasteiger partial charge in [0.15, 0.2) is 5.84 Å². The topological polar surface area (TPSA) is 99.2 Å². The van der Waals surface area contributed by atoms with E-state index in [2.05, 4.69) is 5.16 Å². The van der Waals surface area contributed by atoms with E-state index in [-0.39, 0.29) is 24.4 Å². The Labute approximate surface area is 113 Å². The highest BCUT2D eigenvalue weighted by atomic mass is 16.4. The molecule has 108 valence electrons. The number of aliphatic hydroxyl groups excluding tert-OH is 1. The Morgan fingerprint density at radius 2 is 1.95 bits per heavy atom. The highest BCUT2D eigenvalue weighted by molar-refractivity contribution is 6.07. The van der Waals surface area contributed by atoms with Crippen molar-refractivity contribution < 1.29 is 15.1 Å². The average Bonchev–Trinajstić information content (AvgIpc) is 2.87. The molecule has 19 heavy (non-hydrogen) atoms. The SMILES string of the molecule is NC(=NO)C1(C(=O)N(CCO)C2CCCC2)CCC1. The number of aliphatic hydroxyl groups is 1. The van der Waals surface area contributed by atoms with E-state index in [0.717, 1.165) is 32.1 Å². The van der Waals surface area contributed by atoms with Gasteiger partial charge < -0.3 is 20.9 Å². The second kappa shape index (κ2) is 5.77. The molecule has 0 aromatic rings. The summed E-state index contributed by atoms with van der Waals surface area (Å²) in [7, 11) is 0. The molecular weight excluding hydrogens is 246 g/mol. The summed E-state index contributed by atoms with van der Waals surface area (Å²) in [4.78, 5) is 14.5. The number of amidine groups is 1. The number of oxime groups is 1. The zero-order valence-electron chi connectivity index (χ0n) is 11.2. The molecule has 6 nitrogen and oxygen atoms in total. The molecule has 6 heteroatoms. The van der Waals surface area contributed by atoms with Gasteiger partial charge >= 0.3 is 0 Å². The first-order valence-corrected chi connectivity index (χ1v) is 7.05. The molecule has 2 aliphatic rings. The van der Waals surface area contributed by atoms with Crippen LogP contribution in [-0.4, -0.2) is 46.1 Å². The first kappa shape index (κ1) is 14.1. The van der Waals surface area contributed by atoms with Crippen LogP contribution in [0.1, 0.15) is 44.9 Å². The summed E-state index contributed by atoms with van der Waals surface area (Å²) in [6, 6.07) is 0.198. The van der Waals surface area contributed by atoms with Crippen LogP contribution in [0.15, 0.2) is 5.16 Å². The van der Waals surface area contributed by atoms with Crippen LogP contribution in [0.2, 0.25) is 0 Å². The summed E-state index contributed by atoms with van der Waals surface area (Å²) >= 11 is 0. The minimum Gasteiger partial charge on any atom is -0.409 e. The van der Waals surface area contributed by atoms with E-state index in [4.69, 9.17) is 10.9 Å². The van der Waals surface area contributed by atoms with Crippen molar-refractivity contribution in [3.63, 3.8) is 0 Å². The van der Waals surface area contributed by atoms with Crippen molar-refractivity contribution in [3.05, 3.63) is 0 Å². The maximum atomic E-state index is 12.8. The molecule has 0 saturated heterocycles. The van der Waals surface area contributed by atoms with Crippen LogP contribution < -0.4 is 5.73 Å². The van der Waals surface area contributed by atoms with Crippen LogP contribution in [0, 0.1) is 5.41 Å². The molecule has 2 fully saturated rings. The van der Waals surface area contributed by atoms with Gasteiger partial charge in [0.2, 0.25) is 5.91 Å². The molecule has 0 spiro atoms. The zero-order chi connectivity index (χ0) is 13.9. The molecule has 0 aromatic carbocycles. The van der Waals surface area contributed by atoms with Gasteiger partial charge in [-0.25, -0.2) is 0 Å². The largest absolute Gasteiger partial charge is 0.409 e. The molecule has 0 aromatic heterocycles. The first-order chi connectivity index (χ1) is 9.15. The highest BCUT2D eigenvalue weighted by Gasteiger charge is 2.51. The fraction of sp³-hybridized carbons (Fsp3) is 0.846. The molecule has 2 saturated carbocycles. The molecule has 4 N–H and O–H groups in total. The van der Waals surface area contributed by atoms with Crippen molar-refractivity contribution in [1.29, 1.82) is 0 Å². The van der Waals surface area contributed by atoms with Crippen LogP contribution >= 0.6 is 0 Å².